The van der Waals surface area contributed by atoms with Crippen molar-refractivity contribution >= 4 is 23.0 Å². The van der Waals surface area contributed by atoms with Gasteiger partial charge in [0, 0.05) is 19.8 Å². The molecule has 0 fully saturated rings. The molecule has 0 unspecified atom stereocenters. The Morgan fingerprint density at radius 1 is 1.44 bits per heavy atom. The Morgan fingerprint density at radius 2 is 2.12 bits per heavy atom. The third kappa shape index (κ3) is 3.58. The van der Waals surface area contributed by atoms with Crippen molar-refractivity contribution in [2.45, 2.75) is 13.8 Å². The summed E-state index contributed by atoms with van der Waals surface area (Å²) >= 11 is 5.06. The first kappa shape index (κ1) is 12.6. The molecule has 1 N–H and O–H groups in total. The molecule has 0 aliphatic heterocycles. The highest BCUT2D eigenvalue weighted by molar-refractivity contribution is 7.80. The molecule has 1 aromatic rings. The summed E-state index contributed by atoms with van der Waals surface area (Å²) in [6.45, 7) is 3.85. The lowest BCUT2D eigenvalue weighted by atomic mass is 10.2. The maximum absolute atomic E-state index is 5.06. The van der Waals surface area contributed by atoms with Crippen LogP contribution in [0.25, 0.3) is 0 Å². The first-order valence-corrected chi connectivity index (χ1v) is 5.37. The molecule has 4 nitrogen and oxygen atoms in total. The summed E-state index contributed by atoms with van der Waals surface area (Å²) in [4.78, 5) is 6.16. The SMILES string of the molecule is CC(=NNC(=S)N(C)C)c1cccc(C)n1. The van der Waals surface area contributed by atoms with Crippen LogP contribution < -0.4 is 5.43 Å². The monoisotopic (exact) mass is 236 g/mol. The van der Waals surface area contributed by atoms with Crippen molar-refractivity contribution in [3.63, 3.8) is 0 Å². The maximum atomic E-state index is 5.06. The summed E-state index contributed by atoms with van der Waals surface area (Å²) in [6.07, 6.45) is 0. The first-order chi connectivity index (χ1) is 7.50. The standard InChI is InChI=1S/C11H16N4S/c1-8-6-5-7-10(12-8)9(2)13-14-11(16)15(3)4/h5-7H,1-4H3,(H,14,16). The predicted octanol–water partition coefficient (Wildman–Crippen LogP) is 1.55. The molecule has 0 amide bonds. The van der Waals surface area contributed by atoms with Crippen molar-refractivity contribution in [3.05, 3.63) is 29.6 Å². The average molecular weight is 236 g/mol. The van der Waals surface area contributed by atoms with E-state index in [0.29, 0.717) is 5.11 Å². The lowest BCUT2D eigenvalue weighted by Gasteiger charge is -2.12. The highest BCUT2D eigenvalue weighted by atomic mass is 32.1. The molecular formula is C11H16N4S. The molecule has 16 heavy (non-hydrogen) atoms. The molecule has 0 radical (unpaired) electrons. The topological polar surface area (TPSA) is 40.5 Å². The minimum absolute atomic E-state index is 0.576. The van der Waals surface area contributed by atoms with Crippen LogP contribution in [0.2, 0.25) is 0 Å². The number of nitrogens with one attached hydrogen (secondary N) is 1. The first-order valence-electron chi connectivity index (χ1n) is 4.96. The third-order valence-electron chi connectivity index (χ3n) is 1.98. The van der Waals surface area contributed by atoms with Gasteiger partial charge < -0.3 is 4.90 Å². The van der Waals surface area contributed by atoms with E-state index in [1.807, 2.05) is 46.1 Å². The van der Waals surface area contributed by atoms with Crippen LogP contribution in [0, 0.1) is 6.92 Å². The largest absolute Gasteiger partial charge is 0.354 e. The molecule has 1 rings (SSSR count). The predicted molar refractivity (Wildman–Crippen MR) is 70.6 cm³/mol. The second-order valence-electron chi connectivity index (χ2n) is 3.67. The molecule has 0 spiro atoms. The van der Waals surface area contributed by atoms with E-state index in [0.717, 1.165) is 17.1 Å². The van der Waals surface area contributed by atoms with Crippen molar-refractivity contribution in [1.82, 2.24) is 15.3 Å². The summed E-state index contributed by atoms with van der Waals surface area (Å²) in [5.74, 6) is 0. The smallest absolute Gasteiger partial charge is 0.189 e. The Balaban J connectivity index is 2.74. The van der Waals surface area contributed by atoms with Crippen LogP contribution in [0.15, 0.2) is 23.3 Å². The summed E-state index contributed by atoms with van der Waals surface area (Å²) in [5, 5.41) is 4.75. The molecule has 0 atom stereocenters. The second-order valence-corrected chi connectivity index (χ2v) is 4.06. The normalized spacial score (nSPS) is 11.1. The average Bonchev–Trinajstić information content (AvgIpc) is 2.25. The second kappa shape index (κ2) is 5.55. The van der Waals surface area contributed by atoms with Gasteiger partial charge in [-0.05, 0) is 38.2 Å². The van der Waals surface area contributed by atoms with Crippen LogP contribution in [0.1, 0.15) is 18.3 Å². The fourth-order valence-electron chi connectivity index (χ4n) is 1.03. The van der Waals surface area contributed by atoms with Crippen molar-refractivity contribution < 1.29 is 0 Å². The minimum atomic E-state index is 0.576. The van der Waals surface area contributed by atoms with Gasteiger partial charge in [0.1, 0.15) is 0 Å². The zero-order valence-corrected chi connectivity index (χ0v) is 10.8. The highest BCUT2D eigenvalue weighted by Crippen LogP contribution is 1.99. The third-order valence-corrected chi connectivity index (χ3v) is 2.44. The van der Waals surface area contributed by atoms with Gasteiger partial charge in [0.05, 0.1) is 11.4 Å². The molecule has 5 heteroatoms. The van der Waals surface area contributed by atoms with Gasteiger partial charge >= 0.3 is 0 Å². The molecule has 0 aliphatic rings. The Bertz CT molecular complexity index is 412. The number of hydrogen-bond acceptors (Lipinski definition) is 3. The number of thiocarbonyl (C=S) groups is 1. The van der Waals surface area contributed by atoms with Crippen LogP contribution in [-0.2, 0) is 0 Å². The molecule has 0 aromatic carbocycles. The fourth-order valence-corrected chi connectivity index (χ4v) is 1.08. The van der Waals surface area contributed by atoms with Gasteiger partial charge in [0.15, 0.2) is 5.11 Å². The number of hydrogen-bond donors (Lipinski definition) is 1. The molecule has 0 saturated carbocycles. The van der Waals surface area contributed by atoms with E-state index in [1.165, 1.54) is 0 Å². The number of aromatic nitrogens is 1. The van der Waals surface area contributed by atoms with Crippen LogP contribution in [0.3, 0.4) is 0 Å². The van der Waals surface area contributed by atoms with E-state index in [-0.39, 0.29) is 0 Å². The quantitative estimate of drug-likeness (QED) is 0.480. The van der Waals surface area contributed by atoms with E-state index in [4.69, 9.17) is 12.2 Å². The van der Waals surface area contributed by atoms with Crippen molar-refractivity contribution in [2.75, 3.05) is 14.1 Å². The highest BCUT2D eigenvalue weighted by Gasteiger charge is 2.00. The van der Waals surface area contributed by atoms with E-state index in [2.05, 4.69) is 15.5 Å². The summed E-state index contributed by atoms with van der Waals surface area (Å²) < 4.78 is 0. The van der Waals surface area contributed by atoms with Gasteiger partial charge in [-0.3, -0.25) is 10.4 Å². The van der Waals surface area contributed by atoms with Crippen LogP contribution in [0.4, 0.5) is 0 Å². The van der Waals surface area contributed by atoms with Crippen LogP contribution in [0.5, 0.6) is 0 Å². The Hall–Kier alpha value is -1.49. The Labute approximate surface area is 101 Å². The van der Waals surface area contributed by atoms with Gasteiger partial charge in [-0.15, -0.1) is 0 Å². The van der Waals surface area contributed by atoms with Gasteiger partial charge in [-0.25, -0.2) is 0 Å². The van der Waals surface area contributed by atoms with Crippen LogP contribution >= 0.6 is 12.2 Å². The lowest BCUT2D eigenvalue weighted by Crippen LogP contribution is -2.31. The zero-order chi connectivity index (χ0) is 12.1. The molecule has 0 aliphatic carbocycles. The summed E-state index contributed by atoms with van der Waals surface area (Å²) in [7, 11) is 3.73. The van der Waals surface area contributed by atoms with E-state index in [9.17, 15) is 0 Å². The molecular weight excluding hydrogens is 220 g/mol. The number of rotatable bonds is 2. The van der Waals surface area contributed by atoms with Crippen molar-refractivity contribution in [3.8, 4) is 0 Å². The summed E-state index contributed by atoms with van der Waals surface area (Å²) in [5.41, 5.74) is 5.45. The van der Waals surface area contributed by atoms with E-state index < -0.39 is 0 Å². The molecule has 86 valence electrons. The Morgan fingerprint density at radius 3 is 2.69 bits per heavy atom. The van der Waals surface area contributed by atoms with Gasteiger partial charge in [-0.2, -0.15) is 5.10 Å². The molecule has 0 bridgehead atoms. The summed E-state index contributed by atoms with van der Waals surface area (Å²) in [6, 6.07) is 5.84. The number of aryl methyl sites for hydroxylation is 1. The fraction of sp³-hybridized carbons (Fsp3) is 0.364. The van der Waals surface area contributed by atoms with Crippen molar-refractivity contribution in [2.24, 2.45) is 5.10 Å². The van der Waals surface area contributed by atoms with Crippen molar-refractivity contribution in [1.29, 1.82) is 0 Å². The lowest BCUT2D eigenvalue weighted by molar-refractivity contribution is 0.606. The number of nitrogens with zero attached hydrogens (tertiary/aromatic N) is 3. The minimum Gasteiger partial charge on any atom is -0.354 e. The molecule has 1 heterocycles. The zero-order valence-electron chi connectivity index (χ0n) is 9.98. The van der Waals surface area contributed by atoms with E-state index in [1.54, 1.807) is 4.90 Å². The molecule has 1 aromatic heterocycles. The van der Waals surface area contributed by atoms with Gasteiger partial charge in [0.2, 0.25) is 0 Å². The van der Waals surface area contributed by atoms with Gasteiger partial charge in [0.25, 0.3) is 0 Å². The molecule has 0 saturated heterocycles. The van der Waals surface area contributed by atoms with Gasteiger partial charge in [-0.1, -0.05) is 6.07 Å². The Kier molecular flexibility index (Phi) is 4.37. The maximum Gasteiger partial charge on any atom is 0.189 e. The van der Waals surface area contributed by atoms with Crippen LogP contribution in [-0.4, -0.2) is 34.8 Å². The number of pyridine rings is 1. The van der Waals surface area contributed by atoms with E-state index >= 15 is 0 Å². The number of hydrazone groups is 1.